The molecule has 0 fully saturated rings. The summed E-state index contributed by atoms with van der Waals surface area (Å²) in [5, 5.41) is 13.4. The number of nitrogens with one attached hydrogen (secondary N) is 2. The maximum absolute atomic E-state index is 11.4. The average molecular weight is 317 g/mol. The zero-order valence-electron chi connectivity index (χ0n) is 11.5. The van der Waals surface area contributed by atoms with Crippen molar-refractivity contribution < 1.29 is 0 Å². The van der Waals surface area contributed by atoms with Gasteiger partial charge in [-0.3, -0.25) is 4.79 Å². The predicted octanol–water partition coefficient (Wildman–Crippen LogP) is 1.68. The Balaban J connectivity index is 1.78. The molecule has 2 heterocycles. The van der Waals surface area contributed by atoms with Crippen molar-refractivity contribution in [2.75, 3.05) is 5.32 Å². The number of hydrogen-bond acceptors (Lipinski definition) is 5. The van der Waals surface area contributed by atoms with E-state index in [4.69, 9.17) is 11.6 Å². The summed E-state index contributed by atoms with van der Waals surface area (Å²) in [6.07, 6.45) is 4.66. The fraction of sp³-hybridized carbons (Fsp3) is 0.143. The second-order valence-corrected chi connectivity index (χ2v) is 5.02. The molecule has 3 aromatic rings. The molecule has 22 heavy (non-hydrogen) atoms. The third-order valence-electron chi connectivity index (χ3n) is 3.18. The minimum atomic E-state index is -0.414. The van der Waals surface area contributed by atoms with E-state index in [1.807, 2.05) is 24.3 Å². The van der Waals surface area contributed by atoms with E-state index in [0.29, 0.717) is 18.8 Å². The number of H-pyrrole nitrogens is 1. The molecule has 0 amide bonds. The normalized spacial score (nSPS) is 10.6. The van der Waals surface area contributed by atoms with Crippen LogP contribution in [0.2, 0.25) is 5.02 Å². The van der Waals surface area contributed by atoms with Gasteiger partial charge in [-0.05, 0) is 11.1 Å². The quantitative estimate of drug-likeness (QED) is 0.747. The molecule has 0 saturated heterocycles. The van der Waals surface area contributed by atoms with Crippen LogP contribution in [0.1, 0.15) is 11.1 Å². The Kier molecular flexibility index (Phi) is 4.15. The van der Waals surface area contributed by atoms with E-state index in [-0.39, 0.29) is 5.02 Å². The number of anilines is 1. The Morgan fingerprint density at radius 2 is 2.09 bits per heavy atom. The largest absolute Gasteiger partial charge is 0.378 e. The Hall–Kier alpha value is -2.67. The van der Waals surface area contributed by atoms with Crippen LogP contribution in [0.3, 0.4) is 0 Å². The lowest BCUT2D eigenvalue weighted by molar-refractivity contribution is 0.680. The molecule has 2 aromatic heterocycles. The van der Waals surface area contributed by atoms with Crippen molar-refractivity contribution in [2.24, 2.45) is 0 Å². The zero-order valence-corrected chi connectivity index (χ0v) is 12.3. The van der Waals surface area contributed by atoms with Crippen LogP contribution in [0.4, 0.5) is 5.69 Å². The zero-order chi connectivity index (χ0) is 15.4. The summed E-state index contributed by atoms with van der Waals surface area (Å²) in [6.45, 7) is 1.15. The molecule has 0 spiro atoms. The number of benzene rings is 1. The highest BCUT2D eigenvalue weighted by Crippen LogP contribution is 2.17. The van der Waals surface area contributed by atoms with Gasteiger partial charge in [-0.1, -0.05) is 35.9 Å². The number of hydrogen-bond donors (Lipinski definition) is 2. The third kappa shape index (κ3) is 3.15. The van der Waals surface area contributed by atoms with E-state index in [9.17, 15) is 4.79 Å². The highest BCUT2D eigenvalue weighted by molar-refractivity contribution is 6.32. The Morgan fingerprint density at radius 3 is 2.86 bits per heavy atom. The molecule has 0 radical (unpaired) electrons. The van der Waals surface area contributed by atoms with Gasteiger partial charge in [0.25, 0.3) is 5.56 Å². The first kappa shape index (κ1) is 14.3. The summed E-state index contributed by atoms with van der Waals surface area (Å²) in [7, 11) is 0. The number of aromatic nitrogens is 5. The van der Waals surface area contributed by atoms with Gasteiger partial charge in [-0.15, -0.1) is 0 Å². The van der Waals surface area contributed by atoms with E-state index in [0.717, 1.165) is 11.1 Å². The van der Waals surface area contributed by atoms with Crippen LogP contribution in [0, 0.1) is 0 Å². The summed E-state index contributed by atoms with van der Waals surface area (Å²) >= 11 is 5.95. The summed E-state index contributed by atoms with van der Waals surface area (Å²) in [5.41, 5.74) is 2.27. The van der Waals surface area contributed by atoms with Crippen molar-refractivity contribution >= 4 is 17.3 Å². The molecule has 0 aliphatic carbocycles. The minimum Gasteiger partial charge on any atom is -0.378 e. The molecule has 0 aliphatic heterocycles. The molecule has 0 atom stereocenters. The summed E-state index contributed by atoms with van der Waals surface area (Å²) in [4.78, 5) is 15.4. The summed E-state index contributed by atoms with van der Waals surface area (Å²) < 4.78 is 1.75. The van der Waals surface area contributed by atoms with Gasteiger partial charge in [-0.2, -0.15) is 10.2 Å². The second kappa shape index (κ2) is 6.40. The van der Waals surface area contributed by atoms with Gasteiger partial charge < -0.3 is 5.32 Å². The van der Waals surface area contributed by atoms with Crippen LogP contribution in [0.5, 0.6) is 0 Å². The summed E-state index contributed by atoms with van der Waals surface area (Å²) in [5.74, 6) is 0. The van der Waals surface area contributed by atoms with Gasteiger partial charge in [-0.25, -0.2) is 14.8 Å². The summed E-state index contributed by atoms with van der Waals surface area (Å²) in [6, 6.07) is 7.96. The van der Waals surface area contributed by atoms with E-state index in [1.54, 1.807) is 11.0 Å². The Bertz CT molecular complexity index is 814. The Morgan fingerprint density at radius 1 is 1.27 bits per heavy atom. The molecule has 112 valence electrons. The number of aromatic amines is 1. The first-order valence-electron chi connectivity index (χ1n) is 6.60. The lowest BCUT2D eigenvalue weighted by Gasteiger charge is -2.11. The van der Waals surface area contributed by atoms with E-state index in [2.05, 4.69) is 25.6 Å². The van der Waals surface area contributed by atoms with Crippen molar-refractivity contribution in [1.29, 1.82) is 0 Å². The number of nitrogens with zero attached hydrogens (tertiary/aromatic N) is 4. The highest BCUT2D eigenvalue weighted by atomic mass is 35.5. The molecular formula is C14H13ClN6O. The highest BCUT2D eigenvalue weighted by Gasteiger charge is 2.07. The maximum Gasteiger partial charge on any atom is 0.285 e. The van der Waals surface area contributed by atoms with Crippen LogP contribution in [0.15, 0.2) is 47.9 Å². The van der Waals surface area contributed by atoms with E-state index < -0.39 is 5.56 Å². The molecule has 0 aliphatic rings. The van der Waals surface area contributed by atoms with Crippen molar-refractivity contribution in [3.63, 3.8) is 0 Å². The van der Waals surface area contributed by atoms with Crippen molar-refractivity contribution in [3.05, 3.63) is 69.6 Å². The van der Waals surface area contributed by atoms with Crippen LogP contribution in [-0.2, 0) is 13.1 Å². The van der Waals surface area contributed by atoms with Gasteiger partial charge in [0.15, 0.2) is 0 Å². The molecule has 3 rings (SSSR count). The lowest BCUT2D eigenvalue weighted by Crippen LogP contribution is -2.13. The van der Waals surface area contributed by atoms with Gasteiger partial charge in [0.05, 0.1) is 18.4 Å². The molecule has 0 bridgehead atoms. The fourth-order valence-corrected chi connectivity index (χ4v) is 2.23. The van der Waals surface area contributed by atoms with Crippen LogP contribution in [0.25, 0.3) is 0 Å². The minimum absolute atomic E-state index is 0.101. The third-order valence-corrected chi connectivity index (χ3v) is 3.56. The van der Waals surface area contributed by atoms with E-state index >= 15 is 0 Å². The van der Waals surface area contributed by atoms with Gasteiger partial charge >= 0.3 is 0 Å². The Labute approximate surface area is 131 Å². The van der Waals surface area contributed by atoms with Crippen LogP contribution >= 0.6 is 11.6 Å². The molecular weight excluding hydrogens is 304 g/mol. The van der Waals surface area contributed by atoms with Crippen molar-refractivity contribution in [1.82, 2.24) is 25.0 Å². The average Bonchev–Trinajstić information content (AvgIpc) is 3.03. The number of rotatable bonds is 5. The molecule has 2 N–H and O–H groups in total. The molecule has 1 aromatic carbocycles. The molecule has 0 unspecified atom stereocenters. The molecule has 8 heteroatoms. The van der Waals surface area contributed by atoms with Crippen molar-refractivity contribution in [3.8, 4) is 0 Å². The molecule has 7 nitrogen and oxygen atoms in total. The van der Waals surface area contributed by atoms with Gasteiger partial charge in [0, 0.05) is 6.54 Å². The molecule has 0 saturated carbocycles. The predicted molar refractivity (Wildman–Crippen MR) is 82.8 cm³/mol. The van der Waals surface area contributed by atoms with Crippen LogP contribution < -0.4 is 10.9 Å². The second-order valence-electron chi connectivity index (χ2n) is 4.64. The smallest absolute Gasteiger partial charge is 0.285 e. The van der Waals surface area contributed by atoms with Crippen LogP contribution in [-0.4, -0.2) is 25.0 Å². The van der Waals surface area contributed by atoms with Crippen molar-refractivity contribution in [2.45, 2.75) is 13.1 Å². The van der Waals surface area contributed by atoms with E-state index in [1.165, 1.54) is 12.5 Å². The van der Waals surface area contributed by atoms with Gasteiger partial charge in [0.2, 0.25) is 0 Å². The standard InChI is InChI=1S/C14H13ClN6O/c15-13-12(6-18-20-14(13)22)17-5-10-3-1-2-4-11(10)7-21-9-16-8-19-21/h1-4,6,8-9H,5,7H2,(H2,17,20,22). The number of halogens is 1. The SMILES string of the molecule is O=c1[nH]ncc(NCc2ccccc2Cn2cncn2)c1Cl. The lowest BCUT2D eigenvalue weighted by atomic mass is 10.1. The first-order chi connectivity index (χ1) is 10.7. The topological polar surface area (TPSA) is 88.5 Å². The monoisotopic (exact) mass is 316 g/mol. The maximum atomic E-state index is 11.4. The van der Waals surface area contributed by atoms with Gasteiger partial charge in [0.1, 0.15) is 17.7 Å². The fourth-order valence-electron chi connectivity index (χ4n) is 2.07. The first-order valence-corrected chi connectivity index (χ1v) is 6.98.